The van der Waals surface area contributed by atoms with Gasteiger partial charge in [0.25, 0.3) is 0 Å². The molecule has 0 amide bonds. The molecule has 1 aliphatic heterocycles. The Hall–Kier alpha value is -2.85. The average Bonchev–Trinajstić information content (AvgIpc) is 3.02. The van der Waals surface area contributed by atoms with Gasteiger partial charge in [-0.15, -0.1) is 0 Å². The first-order valence-corrected chi connectivity index (χ1v) is 7.28. The topological polar surface area (TPSA) is 76.5 Å². The third-order valence-corrected chi connectivity index (χ3v) is 3.88. The monoisotopic (exact) mass is 311 g/mol. The number of hydrogen-bond acceptors (Lipinski definition) is 4. The van der Waals surface area contributed by atoms with Gasteiger partial charge in [-0.3, -0.25) is 0 Å². The lowest BCUT2D eigenvalue weighted by Gasteiger charge is -2.14. The maximum Gasteiger partial charge on any atom is 0.131 e. The highest BCUT2D eigenvalue weighted by Gasteiger charge is 2.26. The standard InChI is InChI=1S/C17H17N3O3/c1-21-12-6-7-14(16(9-12)22-2)15-5-3-4-11-8-13(10-19-20-18)23-17(11)15/h3-7,9,13H,8,10H2,1-2H3. The predicted molar refractivity (Wildman–Crippen MR) is 87.1 cm³/mol. The number of para-hydroxylation sites is 1. The van der Waals surface area contributed by atoms with E-state index < -0.39 is 0 Å². The van der Waals surface area contributed by atoms with E-state index in [1.54, 1.807) is 14.2 Å². The third-order valence-electron chi connectivity index (χ3n) is 3.88. The molecular formula is C17H17N3O3. The molecule has 2 aromatic rings. The van der Waals surface area contributed by atoms with Gasteiger partial charge in [0.15, 0.2) is 0 Å². The maximum atomic E-state index is 8.47. The molecule has 1 atom stereocenters. The largest absolute Gasteiger partial charge is 0.497 e. The van der Waals surface area contributed by atoms with Crippen LogP contribution in [0.1, 0.15) is 5.56 Å². The van der Waals surface area contributed by atoms with Crippen LogP contribution < -0.4 is 14.2 Å². The van der Waals surface area contributed by atoms with Crippen LogP contribution in [-0.4, -0.2) is 26.9 Å². The molecule has 0 aromatic heterocycles. The maximum absolute atomic E-state index is 8.47. The summed E-state index contributed by atoms with van der Waals surface area (Å²) in [5, 5.41) is 3.61. The smallest absolute Gasteiger partial charge is 0.131 e. The Bertz CT molecular complexity index is 770. The van der Waals surface area contributed by atoms with Gasteiger partial charge < -0.3 is 14.2 Å². The molecule has 0 saturated heterocycles. The molecule has 23 heavy (non-hydrogen) atoms. The molecule has 0 fully saturated rings. The fraction of sp³-hybridized carbons (Fsp3) is 0.294. The first-order valence-electron chi connectivity index (χ1n) is 7.28. The van der Waals surface area contributed by atoms with E-state index >= 15 is 0 Å². The summed E-state index contributed by atoms with van der Waals surface area (Å²) < 4.78 is 16.7. The van der Waals surface area contributed by atoms with Crippen molar-refractivity contribution in [2.45, 2.75) is 12.5 Å². The van der Waals surface area contributed by atoms with E-state index in [1.165, 1.54) is 0 Å². The zero-order valence-electron chi connectivity index (χ0n) is 13.0. The summed E-state index contributed by atoms with van der Waals surface area (Å²) in [6.07, 6.45) is 0.618. The molecule has 2 aromatic carbocycles. The van der Waals surface area contributed by atoms with Crippen LogP contribution in [-0.2, 0) is 6.42 Å². The molecule has 0 aliphatic carbocycles. The van der Waals surface area contributed by atoms with Crippen molar-refractivity contribution in [2.75, 3.05) is 20.8 Å². The van der Waals surface area contributed by atoms with Crippen molar-refractivity contribution in [1.82, 2.24) is 0 Å². The molecule has 0 spiro atoms. The molecule has 0 bridgehead atoms. The fourth-order valence-corrected chi connectivity index (χ4v) is 2.80. The normalized spacial score (nSPS) is 15.3. The van der Waals surface area contributed by atoms with Crippen LogP contribution in [0, 0.1) is 0 Å². The molecule has 118 valence electrons. The average molecular weight is 311 g/mol. The van der Waals surface area contributed by atoms with Crippen LogP contribution in [0.25, 0.3) is 21.6 Å². The van der Waals surface area contributed by atoms with Crippen molar-refractivity contribution in [3.8, 4) is 28.4 Å². The van der Waals surface area contributed by atoms with Gasteiger partial charge in [0, 0.05) is 28.5 Å². The van der Waals surface area contributed by atoms with Crippen molar-refractivity contribution < 1.29 is 14.2 Å². The summed E-state index contributed by atoms with van der Waals surface area (Å²) in [4.78, 5) is 2.80. The molecule has 0 N–H and O–H groups in total. The van der Waals surface area contributed by atoms with Crippen molar-refractivity contribution in [3.05, 3.63) is 52.4 Å². The number of benzene rings is 2. The fourth-order valence-electron chi connectivity index (χ4n) is 2.80. The van der Waals surface area contributed by atoms with Gasteiger partial charge in [-0.1, -0.05) is 23.3 Å². The molecule has 0 radical (unpaired) electrons. The van der Waals surface area contributed by atoms with Crippen LogP contribution >= 0.6 is 0 Å². The van der Waals surface area contributed by atoms with E-state index in [0.717, 1.165) is 40.4 Å². The van der Waals surface area contributed by atoms with Crippen molar-refractivity contribution >= 4 is 0 Å². The summed E-state index contributed by atoms with van der Waals surface area (Å²) in [7, 11) is 3.25. The Labute approximate surface area is 134 Å². The number of fused-ring (bicyclic) bond motifs is 1. The molecule has 1 heterocycles. The minimum Gasteiger partial charge on any atom is -0.497 e. The van der Waals surface area contributed by atoms with Gasteiger partial charge in [-0.2, -0.15) is 0 Å². The Morgan fingerprint density at radius 1 is 1.22 bits per heavy atom. The molecule has 1 unspecified atom stereocenters. The zero-order valence-corrected chi connectivity index (χ0v) is 13.0. The van der Waals surface area contributed by atoms with Gasteiger partial charge in [0.2, 0.25) is 0 Å². The van der Waals surface area contributed by atoms with Gasteiger partial charge in [-0.25, -0.2) is 0 Å². The highest BCUT2D eigenvalue weighted by Crippen LogP contribution is 2.43. The number of rotatable bonds is 5. The van der Waals surface area contributed by atoms with Crippen LogP contribution in [0.2, 0.25) is 0 Å². The predicted octanol–water partition coefficient (Wildman–Crippen LogP) is 3.98. The number of azide groups is 1. The second-order valence-corrected chi connectivity index (χ2v) is 5.22. The summed E-state index contributed by atoms with van der Waals surface area (Å²) in [6.45, 7) is 0.324. The van der Waals surface area contributed by atoms with Gasteiger partial charge >= 0.3 is 0 Å². The molecule has 3 rings (SSSR count). The van der Waals surface area contributed by atoms with E-state index in [1.807, 2.05) is 36.4 Å². The summed E-state index contributed by atoms with van der Waals surface area (Å²) in [6, 6.07) is 11.7. The number of methoxy groups -OCH3 is 2. The van der Waals surface area contributed by atoms with Crippen molar-refractivity contribution in [1.29, 1.82) is 0 Å². The van der Waals surface area contributed by atoms with Gasteiger partial charge in [0.1, 0.15) is 23.4 Å². The van der Waals surface area contributed by atoms with Crippen LogP contribution in [0.15, 0.2) is 41.5 Å². The highest BCUT2D eigenvalue weighted by atomic mass is 16.5. The summed E-state index contributed by atoms with van der Waals surface area (Å²) in [5.74, 6) is 2.29. The lowest BCUT2D eigenvalue weighted by molar-refractivity contribution is 0.242. The number of ether oxygens (including phenoxy) is 3. The minimum atomic E-state index is -0.119. The first-order chi connectivity index (χ1) is 11.3. The van der Waals surface area contributed by atoms with Crippen LogP contribution in [0.4, 0.5) is 0 Å². The van der Waals surface area contributed by atoms with E-state index in [0.29, 0.717) is 6.54 Å². The number of hydrogen-bond donors (Lipinski definition) is 0. The molecule has 6 heteroatoms. The number of nitrogens with zero attached hydrogens (tertiary/aromatic N) is 3. The molecule has 1 aliphatic rings. The lowest BCUT2D eigenvalue weighted by Crippen LogP contribution is -2.16. The third kappa shape index (κ3) is 2.89. The van der Waals surface area contributed by atoms with E-state index in [9.17, 15) is 0 Å². The van der Waals surface area contributed by atoms with Gasteiger partial charge in [-0.05, 0) is 23.2 Å². The first kappa shape index (κ1) is 15.1. The minimum absolute atomic E-state index is 0.119. The summed E-state index contributed by atoms with van der Waals surface area (Å²) >= 11 is 0. The summed E-state index contributed by atoms with van der Waals surface area (Å²) in [5.41, 5.74) is 11.5. The van der Waals surface area contributed by atoms with E-state index in [-0.39, 0.29) is 6.10 Å². The molecule has 0 saturated carbocycles. The van der Waals surface area contributed by atoms with E-state index in [2.05, 4.69) is 10.0 Å². The van der Waals surface area contributed by atoms with Crippen LogP contribution in [0.5, 0.6) is 17.2 Å². The van der Waals surface area contributed by atoms with E-state index in [4.69, 9.17) is 19.7 Å². The lowest BCUT2D eigenvalue weighted by atomic mass is 9.99. The Balaban J connectivity index is 2.01. The second-order valence-electron chi connectivity index (χ2n) is 5.22. The van der Waals surface area contributed by atoms with Crippen LogP contribution in [0.3, 0.4) is 0 Å². The van der Waals surface area contributed by atoms with Crippen molar-refractivity contribution in [2.24, 2.45) is 5.11 Å². The zero-order chi connectivity index (χ0) is 16.2. The Kier molecular flexibility index (Phi) is 4.26. The highest BCUT2D eigenvalue weighted by molar-refractivity contribution is 5.78. The van der Waals surface area contributed by atoms with Crippen molar-refractivity contribution in [3.63, 3.8) is 0 Å². The Morgan fingerprint density at radius 2 is 2.09 bits per heavy atom. The quantitative estimate of drug-likeness (QED) is 0.476. The Morgan fingerprint density at radius 3 is 2.83 bits per heavy atom. The SMILES string of the molecule is COc1ccc(-c2cccc3c2OC(CN=[N+]=[N-])C3)c(OC)c1. The van der Waals surface area contributed by atoms with Gasteiger partial charge in [0.05, 0.1) is 20.8 Å². The molecule has 6 nitrogen and oxygen atoms in total. The second kappa shape index (κ2) is 6.50. The molecular weight excluding hydrogens is 294 g/mol.